The van der Waals surface area contributed by atoms with Gasteiger partial charge in [0.05, 0.1) is 29.4 Å². The third-order valence-electron chi connectivity index (χ3n) is 6.41. The Morgan fingerprint density at radius 1 is 1.21 bits per heavy atom. The molecule has 1 aliphatic rings. The van der Waals surface area contributed by atoms with Crippen LogP contribution in [0.5, 0.6) is 5.75 Å². The van der Waals surface area contributed by atoms with Crippen LogP contribution >= 0.6 is 0 Å². The van der Waals surface area contributed by atoms with E-state index in [4.69, 9.17) is 10.5 Å². The van der Waals surface area contributed by atoms with E-state index in [1.165, 1.54) is 11.8 Å². The highest BCUT2D eigenvalue weighted by atomic mass is 19.1. The van der Waals surface area contributed by atoms with Gasteiger partial charge in [0.1, 0.15) is 5.75 Å². The molecule has 11 nitrogen and oxygen atoms in total. The molecule has 12 heteroatoms. The normalized spacial score (nSPS) is 13.1. The number of carbonyl (C=O) groups excluding carboxylic acids is 2. The second-order valence-electron chi connectivity index (χ2n) is 8.84. The lowest BCUT2D eigenvalue weighted by Gasteiger charge is -2.26. The summed E-state index contributed by atoms with van der Waals surface area (Å²) in [7, 11) is 1.47. The zero-order chi connectivity index (χ0) is 27.0. The molecule has 0 spiro atoms. The van der Waals surface area contributed by atoms with Crippen LogP contribution in [-0.4, -0.2) is 44.9 Å². The number of aromatic nitrogens is 4. The quantitative estimate of drug-likeness (QED) is 0.274. The van der Waals surface area contributed by atoms with E-state index >= 15 is 0 Å². The van der Waals surface area contributed by atoms with Crippen LogP contribution in [0.3, 0.4) is 0 Å². The summed E-state index contributed by atoms with van der Waals surface area (Å²) in [5.41, 5.74) is 7.91. The fourth-order valence-electron chi connectivity index (χ4n) is 4.22. The summed E-state index contributed by atoms with van der Waals surface area (Å²) in [6.45, 7) is 2.98. The lowest BCUT2D eigenvalue weighted by atomic mass is 9.93. The molecule has 5 rings (SSSR count). The van der Waals surface area contributed by atoms with Gasteiger partial charge in [-0.25, -0.2) is 14.2 Å². The predicted molar refractivity (Wildman–Crippen MR) is 140 cm³/mol. The van der Waals surface area contributed by atoms with Gasteiger partial charge in [-0.15, -0.1) is 0 Å². The number of ether oxygens (including phenoxy) is 1. The number of fused-ring (bicyclic) bond motifs is 1. The number of H-pyrrole nitrogens is 1. The number of anilines is 2. The molecular weight excluding hydrogens is 493 g/mol. The molecule has 0 atom stereocenters. The monoisotopic (exact) mass is 517 g/mol. The highest BCUT2D eigenvalue weighted by Crippen LogP contribution is 2.35. The van der Waals surface area contributed by atoms with E-state index in [0.717, 1.165) is 19.3 Å². The molecule has 2 aromatic heterocycles. The number of halogens is 1. The van der Waals surface area contributed by atoms with E-state index in [-0.39, 0.29) is 23.3 Å². The second-order valence-corrected chi connectivity index (χ2v) is 8.84. The van der Waals surface area contributed by atoms with Gasteiger partial charge in [0.25, 0.3) is 17.4 Å². The summed E-state index contributed by atoms with van der Waals surface area (Å²) < 4.78 is 20.1. The van der Waals surface area contributed by atoms with Gasteiger partial charge < -0.3 is 21.1 Å². The van der Waals surface area contributed by atoms with Gasteiger partial charge in [0.15, 0.2) is 17.2 Å². The van der Waals surface area contributed by atoms with E-state index in [1.54, 1.807) is 42.5 Å². The number of amides is 2. The van der Waals surface area contributed by atoms with Crippen molar-refractivity contribution in [1.29, 1.82) is 0 Å². The van der Waals surface area contributed by atoms with Crippen molar-refractivity contribution < 1.29 is 18.7 Å². The molecule has 38 heavy (non-hydrogen) atoms. The minimum absolute atomic E-state index is 0.0527. The maximum atomic E-state index is 13.1. The third-order valence-corrected chi connectivity index (χ3v) is 6.41. The number of methoxy groups -OCH3 is 1. The van der Waals surface area contributed by atoms with Crippen molar-refractivity contribution in [3.8, 4) is 22.7 Å². The van der Waals surface area contributed by atoms with Gasteiger partial charge >= 0.3 is 0 Å². The van der Waals surface area contributed by atoms with Gasteiger partial charge in [-0.2, -0.15) is 10.2 Å². The number of nitrogens with two attached hydrogens (primary N) is 1. The number of nitrogen functional groups attached to an aromatic ring is 1. The minimum atomic E-state index is -1.12. The summed E-state index contributed by atoms with van der Waals surface area (Å²) in [6.07, 6.45) is 2.98. The second kappa shape index (κ2) is 9.81. The molecule has 0 radical (unpaired) electrons. The van der Waals surface area contributed by atoms with Crippen molar-refractivity contribution in [1.82, 2.24) is 25.3 Å². The van der Waals surface area contributed by atoms with Crippen LogP contribution in [0.15, 0.2) is 59.7 Å². The first kappa shape index (κ1) is 24.7. The van der Waals surface area contributed by atoms with Crippen LogP contribution in [0.25, 0.3) is 27.8 Å². The van der Waals surface area contributed by atoms with Gasteiger partial charge in [0.2, 0.25) is 0 Å². The summed E-state index contributed by atoms with van der Waals surface area (Å²) in [5.74, 6) is -1.92. The Kier molecular flexibility index (Phi) is 6.37. The molecule has 2 heterocycles. The van der Waals surface area contributed by atoms with Crippen LogP contribution in [0, 0.1) is 0 Å². The fraction of sp³-hybridized carbons (Fsp3) is 0.192. The average Bonchev–Trinajstić information content (AvgIpc) is 3.30. The van der Waals surface area contributed by atoms with Crippen LogP contribution < -0.4 is 26.7 Å². The Morgan fingerprint density at radius 2 is 1.95 bits per heavy atom. The van der Waals surface area contributed by atoms with Crippen molar-refractivity contribution in [3.63, 3.8) is 0 Å². The number of hydrogen-bond donors (Lipinski definition) is 4. The molecule has 2 amide bonds. The molecule has 1 aliphatic carbocycles. The third kappa shape index (κ3) is 4.47. The number of aromatic amines is 1. The molecular formula is C26H24FN7O4. The average molecular weight is 518 g/mol. The Balaban J connectivity index is 1.62. The topological polar surface area (TPSA) is 157 Å². The maximum absolute atomic E-state index is 13.1. The van der Waals surface area contributed by atoms with Crippen molar-refractivity contribution >= 4 is 34.2 Å². The number of nitrogens with one attached hydrogen (secondary N) is 3. The van der Waals surface area contributed by atoms with E-state index in [0.29, 0.717) is 39.3 Å². The molecule has 1 saturated carbocycles. The molecule has 0 unspecified atom stereocenters. The lowest BCUT2D eigenvalue weighted by Crippen LogP contribution is -2.39. The van der Waals surface area contributed by atoms with Gasteiger partial charge in [-0.05, 0) is 55.7 Å². The Bertz CT molecular complexity index is 1640. The summed E-state index contributed by atoms with van der Waals surface area (Å²) in [4.78, 5) is 37.0. The molecule has 194 valence electrons. The molecule has 5 N–H and O–H groups in total. The Morgan fingerprint density at radius 3 is 2.58 bits per heavy atom. The number of benzene rings is 2. The highest BCUT2D eigenvalue weighted by molar-refractivity contribution is 6.03. The first-order valence-electron chi connectivity index (χ1n) is 11.8. The number of nitrogens with zero attached hydrogens (tertiary/aromatic N) is 3. The highest BCUT2D eigenvalue weighted by Gasteiger charge is 2.24. The summed E-state index contributed by atoms with van der Waals surface area (Å²) in [5, 5.41) is 16.4. The smallest absolute Gasteiger partial charge is 0.292 e. The SMILES string of the molecule is C=C(F)C(=O)Nc1ccc(-n2nc3c(=O)[nH]nc(N)c3c2-c2ccc(C(=O)NC3CCC3)c(OC)c2)cc1. The Hall–Kier alpha value is -5.00. The van der Waals surface area contributed by atoms with Gasteiger partial charge in [-0.1, -0.05) is 12.6 Å². The van der Waals surface area contributed by atoms with E-state index in [9.17, 15) is 18.8 Å². The Labute approximate surface area is 215 Å². The molecule has 0 aliphatic heterocycles. The van der Waals surface area contributed by atoms with Crippen LogP contribution in [0.4, 0.5) is 15.9 Å². The van der Waals surface area contributed by atoms with Crippen LogP contribution in [0.2, 0.25) is 0 Å². The standard InChI is InChI=1S/C26H24FN7O4/c1-13(27)24(35)29-16-7-9-17(10-8-16)34-22(20-21(33-34)26(37)32-31-23(20)28)14-6-11-18(19(12-14)38-2)25(36)30-15-4-3-5-15/h6-12,15H,1,3-5H2,2H3,(H2,28,31)(H,29,35)(H,30,36)(H,32,37). The summed E-state index contributed by atoms with van der Waals surface area (Å²) in [6, 6.07) is 11.5. The molecule has 4 aromatic rings. The van der Waals surface area contributed by atoms with Crippen LogP contribution in [-0.2, 0) is 4.79 Å². The number of carbonyl (C=O) groups is 2. The number of rotatable bonds is 7. The molecule has 0 saturated heterocycles. The largest absolute Gasteiger partial charge is 0.496 e. The minimum Gasteiger partial charge on any atom is -0.496 e. The predicted octanol–water partition coefficient (Wildman–Crippen LogP) is 3.07. The molecule has 0 bridgehead atoms. The van der Waals surface area contributed by atoms with Crippen molar-refractivity contribution in [3.05, 3.63) is 70.8 Å². The zero-order valence-electron chi connectivity index (χ0n) is 20.4. The van der Waals surface area contributed by atoms with Crippen LogP contribution in [0.1, 0.15) is 29.6 Å². The van der Waals surface area contributed by atoms with Crippen molar-refractivity contribution in [2.24, 2.45) is 0 Å². The first-order chi connectivity index (χ1) is 18.3. The maximum Gasteiger partial charge on any atom is 0.292 e. The lowest BCUT2D eigenvalue weighted by molar-refractivity contribution is -0.114. The molecule has 2 aromatic carbocycles. The van der Waals surface area contributed by atoms with E-state index in [1.807, 2.05) is 0 Å². The van der Waals surface area contributed by atoms with E-state index < -0.39 is 17.3 Å². The summed E-state index contributed by atoms with van der Waals surface area (Å²) >= 11 is 0. The zero-order valence-corrected chi connectivity index (χ0v) is 20.4. The van der Waals surface area contributed by atoms with Gasteiger partial charge in [-0.3, -0.25) is 14.4 Å². The molecule has 1 fully saturated rings. The van der Waals surface area contributed by atoms with Crippen molar-refractivity contribution in [2.75, 3.05) is 18.2 Å². The number of hydrogen-bond acceptors (Lipinski definition) is 7. The van der Waals surface area contributed by atoms with E-state index in [2.05, 4.69) is 32.5 Å². The first-order valence-corrected chi connectivity index (χ1v) is 11.8. The van der Waals surface area contributed by atoms with Crippen molar-refractivity contribution in [2.45, 2.75) is 25.3 Å². The fourth-order valence-corrected chi connectivity index (χ4v) is 4.22. The van der Waals surface area contributed by atoms with Gasteiger partial charge in [0, 0.05) is 17.3 Å².